The fourth-order valence-electron chi connectivity index (χ4n) is 2.62. The largest absolute Gasteiger partial charge is 0.394 e. The van der Waals surface area contributed by atoms with E-state index in [1.807, 2.05) is 0 Å². The van der Waals surface area contributed by atoms with Gasteiger partial charge in [0.15, 0.2) is 11.8 Å². The smallest absolute Gasteiger partial charge is 0.183 e. The molecule has 6 nitrogen and oxygen atoms in total. The highest BCUT2D eigenvalue weighted by Crippen LogP contribution is 2.40. The lowest BCUT2D eigenvalue weighted by Crippen LogP contribution is -2.47. The molecule has 2 aromatic rings. The SMILES string of the molecule is C#C[C@@]1(O)[C@@H](CO)O[C@@H](n2cc(Cl)c3c(Cl)ccnc32)[C@@H]1O. The summed E-state index contributed by atoms with van der Waals surface area (Å²) in [7, 11) is 0. The number of hydrogen-bond acceptors (Lipinski definition) is 5. The number of nitrogens with zero attached hydrogens (tertiary/aromatic N) is 2. The third kappa shape index (κ3) is 2.02. The molecule has 116 valence electrons. The first-order chi connectivity index (χ1) is 10.4. The summed E-state index contributed by atoms with van der Waals surface area (Å²) in [6, 6.07) is 1.58. The lowest BCUT2D eigenvalue weighted by Gasteiger charge is -2.24. The van der Waals surface area contributed by atoms with Gasteiger partial charge >= 0.3 is 0 Å². The first kappa shape index (κ1) is 15.6. The Hall–Kier alpha value is -1.33. The normalized spacial score (nSPS) is 31.5. The minimum atomic E-state index is -2.01. The molecule has 3 heterocycles. The summed E-state index contributed by atoms with van der Waals surface area (Å²) in [5, 5.41) is 31.2. The number of aromatic nitrogens is 2. The van der Waals surface area contributed by atoms with Crippen molar-refractivity contribution in [1.82, 2.24) is 9.55 Å². The van der Waals surface area contributed by atoms with E-state index in [0.29, 0.717) is 21.1 Å². The Morgan fingerprint density at radius 2 is 2.18 bits per heavy atom. The van der Waals surface area contributed by atoms with Gasteiger partial charge < -0.3 is 24.6 Å². The number of hydrogen-bond donors (Lipinski definition) is 3. The molecule has 4 atom stereocenters. The van der Waals surface area contributed by atoms with Gasteiger partial charge in [0, 0.05) is 12.4 Å². The molecular weight excluding hydrogens is 331 g/mol. The van der Waals surface area contributed by atoms with Gasteiger partial charge in [-0.3, -0.25) is 0 Å². The van der Waals surface area contributed by atoms with Crippen molar-refractivity contribution in [3.63, 3.8) is 0 Å². The lowest BCUT2D eigenvalue weighted by atomic mass is 9.93. The van der Waals surface area contributed by atoms with Crippen LogP contribution < -0.4 is 0 Å². The van der Waals surface area contributed by atoms with Crippen LogP contribution in [0.2, 0.25) is 10.0 Å². The molecule has 0 unspecified atom stereocenters. The summed E-state index contributed by atoms with van der Waals surface area (Å²) in [5.41, 5.74) is -1.64. The topological polar surface area (TPSA) is 87.7 Å². The first-order valence-electron chi connectivity index (χ1n) is 6.39. The molecule has 3 N–H and O–H groups in total. The van der Waals surface area contributed by atoms with Crippen molar-refractivity contribution in [2.75, 3.05) is 6.61 Å². The highest BCUT2D eigenvalue weighted by Gasteiger charge is 2.55. The highest BCUT2D eigenvalue weighted by atomic mass is 35.5. The molecule has 0 spiro atoms. The Balaban J connectivity index is 2.14. The van der Waals surface area contributed by atoms with Crippen LogP contribution >= 0.6 is 23.2 Å². The van der Waals surface area contributed by atoms with Crippen LogP contribution in [0, 0.1) is 12.3 Å². The zero-order valence-corrected chi connectivity index (χ0v) is 12.7. The van der Waals surface area contributed by atoms with E-state index < -0.39 is 30.6 Å². The van der Waals surface area contributed by atoms with Gasteiger partial charge in [0.25, 0.3) is 0 Å². The fourth-order valence-corrected chi connectivity index (χ4v) is 3.20. The summed E-state index contributed by atoms with van der Waals surface area (Å²) in [5.74, 6) is 2.08. The van der Waals surface area contributed by atoms with Gasteiger partial charge in [0.1, 0.15) is 17.9 Å². The van der Waals surface area contributed by atoms with Gasteiger partial charge in [0.05, 0.1) is 22.0 Å². The Morgan fingerprint density at radius 3 is 2.77 bits per heavy atom. The predicted octanol–water partition coefficient (Wildman–Crippen LogP) is 0.958. The number of aliphatic hydroxyl groups is 3. The van der Waals surface area contributed by atoms with Crippen molar-refractivity contribution >= 4 is 34.2 Å². The number of aliphatic hydroxyl groups excluding tert-OH is 2. The molecule has 0 saturated carbocycles. The molecule has 22 heavy (non-hydrogen) atoms. The zero-order valence-electron chi connectivity index (χ0n) is 11.1. The molecule has 1 aliphatic heterocycles. The van der Waals surface area contributed by atoms with Crippen LogP contribution in [0.3, 0.4) is 0 Å². The third-order valence-corrected chi connectivity index (χ3v) is 4.40. The van der Waals surface area contributed by atoms with E-state index in [1.54, 1.807) is 6.07 Å². The Labute approximate surface area is 135 Å². The van der Waals surface area contributed by atoms with E-state index in [9.17, 15) is 15.3 Å². The lowest BCUT2D eigenvalue weighted by molar-refractivity contribution is -0.0604. The number of fused-ring (bicyclic) bond motifs is 1. The average molecular weight is 343 g/mol. The van der Waals surface area contributed by atoms with Crippen molar-refractivity contribution in [3.05, 3.63) is 28.5 Å². The van der Waals surface area contributed by atoms with Gasteiger partial charge in [-0.15, -0.1) is 6.42 Å². The molecule has 3 rings (SSSR count). The summed E-state index contributed by atoms with van der Waals surface area (Å²) in [4.78, 5) is 4.17. The molecular formula is C14H12Cl2N2O4. The maximum atomic E-state index is 10.3. The minimum absolute atomic E-state index is 0.320. The summed E-state index contributed by atoms with van der Waals surface area (Å²) in [6.45, 7) is -0.546. The van der Waals surface area contributed by atoms with Crippen LogP contribution in [0.1, 0.15) is 6.23 Å². The quantitative estimate of drug-likeness (QED) is 0.707. The standard InChI is InChI=1S/C14H12Cl2N2O4/c1-2-14(21)9(6-19)22-13(11(14)20)18-5-8(16)10-7(15)3-4-17-12(10)18/h1,3-5,9,11,13,19-21H,6H2/t9-,11+,13-,14-/m1/s1. The van der Waals surface area contributed by atoms with Crippen molar-refractivity contribution in [2.45, 2.75) is 24.0 Å². The Bertz CT molecular complexity index is 772. The second kappa shape index (κ2) is 5.39. The first-order valence-corrected chi connectivity index (χ1v) is 7.14. The van der Waals surface area contributed by atoms with Crippen LogP contribution in [0.4, 0.5) is 0 Å². The molecule has 1 aliphatic rings. The van der Waals surface area contributed by atoms with E-state index in [4.69, 9.17) is 34.4 Å². The molecule has 1 saturated heterocycles. The van der Waals surface area contributed by atoms with Gasteiger partial charge in [-0.05, 0) is 6.07 Å². The Kier molecular flexibility index (Phi) is 3.81. The molecule has 0 amide bonds. The maximum absolute atomic E-state index is 10.3. The highest BCUT2D eigenvalue weighted by molar-refractivity contribution is 6.42. The summed E-state index contributed by atoms with van der Waals surface area (Å²) >= 11 is 12.2. The van der Waals surface area contributed by atoms with Crippen molar-refractivity contribution in [2.24, 2.45) is 0 Å². The molecule has 0 bridgehead atoms. The van der Waals surface area contributed by atoms with Crippen LogP contribution in [0.25, 0.3) is 11.0 Å². The third-order valence-electron chi connectivity index (χ3n) is 3.80. The van der Waals surface area contributed by atoms with Crippen LogP contribution in [-0.4, -0.2) is 49.3 Å². The number of ether oxygens (including phenoxy) is 1. The monoisotopic (exact) mass is 342 g/mol. The molecule has 1 fully saturated rings. The maximum Gasteiger partial charge on any atom is 0.183 e. The Morgan fingerprint density at radius 1 is 1.45 bits per heavy atom. The van der Waals surface area contributed by atoms with Crippen molar-refractivity contribution < 1.29 is 20.1 Å². The van der Waals surface area contributed by atoms with E-state index >= 15 is 0 Å². The molecule has 0 aliphatic carbocycles. The van der Waals surface area contributed by atoms with Gasteiger partial charge in [-0.1, -0.05) is 29.1 Å². The van der Waals surface area contributed by atoms with Crippen molar-refractivity contribution in [1.29, 1.82) is 0 Å². The van der Waals surface area contributed by atoms with Crippen LogP contribution in [0.15, 0.2) is 18.5 Å². The minimum Gasteiger partial charge on any atom is -0.394 e. The number of terminal acetylenes is 1. The summed E-state index contributed by atoms with van der Waals surface area (Å²) in [6.07, 6.45) is 4.59. The van der Waals surface area contributed by atoms with Crippen LogP contribution in [0.5, 0.6) is 0 Å². The molecule has 0 aromatic carbocycles. The average Bonchev–Trinajstić information content (AvgIpc) is 2.97. The van der Waals surface area contributed by atoms with Gasteiger partial charge in [-0.25, -0.2) is 4.98 Å². The molecule has 2 aromatic heterocycles. The zero-order chi connectivity index (χ0) is 16.1. The summed E-state index contributed by atoms with van der Waals surface area (Å²) < 4.78 is 6.94. The molecule has 0 radical (unpaired) electrons. The van der Waals surface area contributed by atoms with E-state index in [2.05, 4.69) is 10.9 Å². The van der Waals surface area contributed by atoms with Crippen LogP contribution in [-0.2, 0) is 4.74 Å². The van der Waals surface area contributed by atoms with E-state index in [0.717, 1.165) is 0 Å². The van der Waals surface area contributed by atoms with Gasteiger partial charge in [0.2, 0.25) is 0 Å². The predicted molar refractivity (Wildman–Crippen MR) is 80.5 cm³/mol. The van der Waals surface area contributed by atoms with Crippen molar-refractivity contribution in [3.8, 4) is 12.3 Å². The molecule has 8 heteroatoms. The number of pyridine rings is 1. The van der Waals surface area contributed by atoms with E-state index in [1.165, 1.54) is 17.0 Å². The fraction of sp³-hybridized carbons (Fsp3) is 0.357. The number of rotatable bonds is 2. The second-order valence-corrected chi connectivity index (χ2v) is 5.80. The number of halogens is 2. The van der Waals surface area contributed by atoms with Gasteiger partial charge in [-0.2, -0.15) is 0 Å². The second-order valence-electron chi connectivity index (χ2n) is 4.99. The van der Waals surface area contributed by atoms with E-state index in [-0.39, 0.29) is 0 Å².